The molecule has 2 aromatic rings. The highest BCUT2D eigenvalue weighted by Gasteiger charge is 2.32. The van der Waals surface area contributed by atoms with E-state index < -0.39 is 0 Å². The van der Waals surface area contributed by atoms with E-state index in [2.05, 4.69) is 28.6 Å². The Morgan fingerprint density at radius 3 is 2.33 bits per heavy atom. The Kier molecular flexibility index (Phi) is 6.69. The van der Waals surface area contributed by atoms with Gasteiger partial charge in [0.25, 0.3) is 0 Å². The summed E-state index contributed by atoms with van der Waals surface area (Å²) in [5.74, 6) is 0.978. The molecule has 1 aliphatic rings. The van der Waals surface area contributed by atoms with Crippen LogP contribution in [0.1, 0.15) is 25.5 Å². The van der Waals surface area contributed by atoms with Crippen LogP contribution >= 0.6 is 11.6 Å². The van der Waals surface area contributed by atoms with Gasteiger partial charge >= 0.3 is 0 Å². The third kappa shape index (κ3) is 4.42. The van der Waals surface area contributed by atoms with Gasteiger partial charge in [-0.3, -0.25) is 9.69 Å². The highest BCUT2D eigenvalue weighted by Crippen LogP contribution is 2.26. The summed E-state index contributed by atoms with van der Waals surface area (Å²) in [6.45, 7) is 8.72. The van der Waals surface area contributed by atoms with Crippen molar-refractivity contribution in [1.82, 2.24) is 14.8 Å². The van der Waals surface area contributed by atoms with Crippen molar-refractivity contribution in [2.24, 2.45) is 0 Å². The van der Waals surface area contributed by atoms with Crippen molar-refractivity contribution in [2.45, 2.75) is 19.9 Å². The zero-order valence-electron chi connectivity index (χ0n) is 16.0. The lowest BCUT2D eigenvalue weighted by Crippen LogP contribution is -2.52. The van der Waals surface area contributed by atoms with Gasteiger partial charge in [-0.05, 0) is 30.8 Å². The first-order valence-corrected chi connectivity index (χ1v) is 9.96. The molecule has 27 heavy (non-hydrogen) atoms. The maximum Gasteiger partial charge on any atom is 0.244 e. The molecule has 0 N–H and O–H groups in total. The third-order valence-electron chi connectivity index (χ3n) is 5.16. The molecule has 0 aliphatic carbocycles. The summed E-state index contributed by atoms with van der Waals surface area (Å²) in [4.78, 5) is 24.1. The van der Waals surface area contributed by atoms with Gasteiger partial charge in [0, 0.05) is 32.4 Å². The quantitative estimate of drug-likeness (QED) is 0.762. The van der Waals surface area contributed by atoms with Crippen LogP contribution in [-0.4, -0.2) is 60.0 Å². The number of benzene rings is 1. The van der Waals surface area contributed by atoms with Crippen LogP contribution in [0.4, 0.5) is 5.82 Å². The second-order valence-corrected chi connectivity index (χ2v) is 7.06. The van der Waals surface area contributed by atoms with Crippen molar-refractivity contribution < 1.29 is 4.79 Å². The second-order valence-electron chi connectivity index (χ2n) is 6.66. The number of nitrogens with zero attached hydrogens (tertiary/aromatic N) is 4. The zero-order chi connectivity index (χ0) is 19.2. The highest BCUT2D eigenvalue weighted by atomic mass is 35.5. The molecule has 2 heterocycles. The van der Waals surface area contributed by atoms with E-state index in [-0.39, 0.29) is 11.9 Å². The van der Waals surface area contributed by atoms with E-state index >= 15 is 0 Å². The summed E-state index contributed by atoms with van der Waals surface area (Å²) >= 11 is 6.27. The van der Waals surface area contributed by atoms with E-state index in [9.17, 15) is 4.79 Å². The zero-order valence-corrected chi connectivity index (χ0v) is 16.8. The largest absolute Gasteiger partial charge is 0.352 e. The predicted octanol–water partition coefficient (Wildman–Crippen LogP) is 3.47. The van der Waals surface area contributed by atoms with E-state index in [0.29, 0.717) is 18.1 Å². The van der Waals surface area contributed by atoms with Crippen LogP contribution in [0.2, 0.25) is 5.02 Å². The average Bonchev–Trinajstić information content (AvgIpc) is 2.72. The molecule has 0 bridgehead atoms. The maximum atomic E-state index is 13.4. The molecular weight excluding hydrogens is 360 g/mol. The number of carbonyl (C=O) groups is 1. The number of halogens is 1. The van der Waals surface area contributed by atoms with Crippen LogP contribution in [-0.2, 0) is 4.79 Å². The number of anilines is 1. The number of carbonyl (C=O) groups excluding carboxylic acids is 1. The Morgan fingerprint density at radius 1 is 1.07 bits per heavy atom. The van der Waals surface area contributed by atoms with Crippen LogP contribution in [0.5, 0.6) is 0 Å². The molecule has 5 nitrogen and oxygen atoms in total. The van der Waals surface area contributed by atoms with Crippen molar-refractivity contribution in [2.75, 3.05) is 44.2 Å². The fourth-order valence-electron chi connectivity index (χ4n) is 3.66. The summed E-state index contributed by atoms with van der Waals surface area (Å²) in [6, 6.07) is 13.5. The van der Waals surface area contributed by atoms with Gasteiger partial charge in [0.2, 0.25) is 5.91 Å². The summed E-state index contributed by atoms with van der Waals surface area (Å²) in [7, 11) is 0. The first kappa shape index (κ1) is 19.6. The molecule has 1 aliphatic heterocycles. The number of pyridine rings is 1. The predicted molar refractivity (Wildman–Crippen MR) is 110 cm³/mol. The van der Waals surface area contributed by atoms with Crippen molar-refractivity contribution in [3.63, 3.8) is 0 Å². The third-order valence-corrected chi connectivity index (χ3v) is 5.45. The second kappa shape index (κ2) is 9.20. The Hall–Kier alpha value is -2.11. The lowest BCUT2D eigenvalue weighted by Gasteiger charge is -2.39. The smallest absolute Gasteiger partial charge is 0.244 e. The minimum absolute atomic E-state index is 0.177. The number of piperazine rings is 1. The van der Waals surface area contributed by atoms with Gasteiger partial charge in [-0.15, -0.1) is 0 Å². The molecule has 144 valence electrons. The van der Waals surface area contributed by atoms with Crippen molar-refractivity contribution >= 4 is 23.3 Å². The van der Waals surface area contributed by atoms with Gasteiger partial charge in [-0.25, -0.2) is 4.98 Å². The Morgan fingerprint density at radius 2 is 1.74 bits per heavy atom. The SMILES string of the molecule is CCN(CC)C(C(=O)N1CCN(c2ncccc2Cl)CC1)c1ccccc1. The molecule has 1 unspecified atom stereocenters. The molecule has 1 aromatic heterocycles. The lowest BCUT2D eigenvalue weighted by molar-refractivity contribution is -0.137. The fraction of sp³-hybridized carbons (Fsp3) is 0.429. The standard InChI is InChI=1S/C21H27ClN4O/c1-3-24(4-2)19(17-9-6-5-7-10-17)21(27)26-15-13-25(14-16-26)20-18(22)11-8-12-23-20/h5-12,19H,3-4,13-16H2,1-2H3. The minimum Gasteiger partial charge on any atom is -0.352 e. The van der Waals surface area contributed by atoms with E-state index in [1.165, 1.54) is 0 Å². The molecule has 6 heteroatoms. The van der Waals surface area contributed by atoms with Gasteiger partial charge in [-0.1, -0.05) is 55.8 Å². The normalized spacial score (nSPS) is 15.9. The molecular formula is C21H27ClN4O. The molecule has 1 saturated heterocycles. The maximum absolute atomic E-state index is 13.4. The Labute approximate surface area is 166 Å². The number of amides is 1. The Bertz CT molecular complexity index is 743. The average molecular weight is 387 g/mol. The van der Waals surface area contributed by atoms with E-state index in [4.69, 9.17) is 11.6 Å². The van der Waals surface area contributed by atoms with Crippen LogP contribution in [0.25, 0.3) is 0 Å². The molecule has 1 amide bonds. The first-order valence-electron chi connectivity index (χ1n) is 9.59. The highest BCUT2D eigenvalue weighted by molar-refractivity contribution is 6.32. The van der Waals surface area contributed by atoms with Crippen molar-refractivity contribution in [1.29, 1.82) is 0 Å². The number of rotatable bonds is 6. The van der Waals surface area contributed by atoms with E-state index in [0.717, 1.165) is 37.6 Å². The summed E-state index contributed by atoms with van der Waals surface area (Å²) < 4.78 is 0. The first-order chi connectivity index (χ1) is 13.2. The van der Waals surface area contributed by atoms with Crippen molar-refractivity contribution in [3.05, 3.63) is 59.2 Å². The van der Waals surface area contributed by atoms with E-state index in [1.54, 1.807) is 6.20 Å². The number of aromatic nitrogens is 1. The molecule has 1 fully saturated rings. The van der Waals surface area contributed by atoms with Gasteiger partial charge in [0.05, 0.1) is 5.02 Å². The lowest BCUT2D eigenvalue weighted by atomic mass is 10.0. The number of hydrogen-bond acceptors (Lipinski definition) is 4. The molecule has 1 aromatic carbocycles. The minimum atomic E-state index is -0.230. The molecule has 0 radical (unpaired) electrons. The van der Waals surface area contributed by atoms with Crippen LogP contribution in [0, 0.1) is 0 Å². The van der Waals surface area contributed by atoms with Gasteiger partial charge in [-0.2, -0.15) is 0 Å². The van der Waals surface area contributed by atoms with Gasteiger partial charge in [0.1, 0.15) is 11.9 Å². The summed E-state index contributed by atoms with van der Waals surface area (Å²) in [5.41, 5.74) is 1.06. The fourth-order valence-corrected chi connectivity index (χ4v) is 3.90. The summed E-state index contributed by atoms with van der Waals surface area (Å²) in [5, 5.41) is 0.655. The van der Waals surface area contributed by atoms with E-state index in [1.807, 2.05) is 47.4 Å². The Balaban J connectivity index is 1.73. The van der Waals surface area contributed by atoms with Crippen LogP contribution in [0.15, 0.2) is 48.7 Å². The molecule has 0 saturated carbocycles. The van der Waals surface area contributed by atoms with Gasteiger partial charge in [0.15, 0.2) is 0 Å². The van der Waals surface area contributed by atoms with Crippen molar-refractivity contribution in [3.8, 4) is 0 Å². The topological polar surface area (TPSA) is 39.7 Å². The van der Waals surface area contributed by atoms with Crippen LogP contribution in [0.3, 0.4) is 0 Å². The molecule has 3 rings (SSSR count). The number of likely N-dealkylation sites (N-methyl/N-ethyl adjacent to an activating group) is 1. The monoisotopic (exact) mass is 386 g/mol. The summed E-state index contributed by atoms with van der Waals surface area (Å²) in [6.07, 6.45) is 1.75. The molecule has 1 atom stereocenters. The molecule has 0 spiro atoms. The van der Waals surface area contributed by atoms with Gasteiger partial charge < -0.3 is 9.80 Å². The number of hydrogen-bond donors (Lipinski definition) is 0. The van der Waals surface area contributed by atoms with Crippen LogP contribution < -0.4 is 4.90 Å².